The Morgan fingerprint density at radius 1 is 1.23 bits per heavy atom. The molecule has 1 aromatic carbocycles. The van der Waals surface area contributed by atoms with Crippen LogP contribution in [0.5, 0.6) is 0 Å². The van der Waals surface area contributed by atoms with Crippen LogP contribution in [-0.4, -0.2) is 54.2 Å². The summed E-state index contributed by atoms with van der Waals surface area (Å²) in [6, 6.07) is 6.11. The molecule has 2 aromatic rings. The van der Waals surface area contributed by atoms with Gasteiger partial charge in [0.05, 0.1) is 31.1 Å². The highest BCUT2D eigenvalue weighted by Crippen LogP contribution is 2.46. The first-order chi connectivity index (χ1) is 16.8. The van der Waals surface area contributed by atoms with Gasteiger partial charge in [-0.05, 0) is 69.5 Å². The Labute approximate surface area is 211 Å². The first-order valence-electron chi connectivity index (χ1n) is 12.3. The predicted molar refractivity (Wildman–Crippen MR) is 136 cm³/mol. The summed E-state index contributed by atoms with van der Waals surface area (Å²) in [7, 11) is 0. The first kappa shape index (κ1) is 24.3. The Hall–Kier alpha value is -2.36. The summed E-state index contributed by atoms with van der Waals surface area (Å²) in [5.41, 5.74) is 4.26. The molecule has 188 valence electrons. The zero-order valence-electron chi connectivity index (χ0n) is 21.0. The standard InChI is InChI=1S/C26H34N4O4S/c1-25(2,3)34-24(31)27-18-8-7-17-6-5-9-26(20(17)14-18)15-21-19(16-33-26)22(29-23(28-21)35-4)30-10-12-32-13-11-30/h7-8,14H,5-6,9-13,15-16H2,1-4H3,(H,27,31)/t26-/m0/s1. The molecule has 1 amide bonds. The van der Waals surface area contributed by atoms with Crippen molar-refractivity contribution in [3.8, 4) is 0 Å². The number of nitrogens with zero attached hydrogens (tertiary/aromatic N) is 3. The molecule has 1 N–H and O–H groups in total. The molecule has 0 unspecified atom stereocenters. The Bertz CT molecular complexity index is 1110. The molecule has 35 heavy (non-hydrogen) atoms. The summed E-state index contributed by atoms with van der Waals surface area (Å²) in [4.78, 5) is 24.5. The van der Waals surface area contributed by atoms with Crippen LogP contribution in [0.1, 0.15) is 56.0 Å². The highest BCUT2D eigenvalue weighted by atomic mass is 32.2. The topological polar surface area (TPSA) is 85.8 Å². The zero-order valence-corrected chi connectivity index (χ0v) is 21.8. The number of ether oxygens (including phenoxy) is 3. The molecule has 0 saturated carbocycles. The van der Waals surface area contributed by atoms with E-state index in [4.69, 9.17) is 24.2 Å². The van der Waals surface area contributed by atoms with Crippen molar-refractivity contribution in [3.63, 3.8) is 0 Å². The monoisotopic (exact) mass is 498 g/mol. The first-order valence-corrected chi connectivity index (χ1v) is 13.5. The van der Waals surface area contributed by atoms with Gasteiger partial charge in [0.1, 0.15) is 11.4 Å². The van der Waals surface area contributed by atoms with Gasteiger partial charge in [0, 0.05) is 30.8 Å². The van der Waals surface area contributed by atoms with Crippen molar-refractivity contribution in [1.82, 2.24) is 9.97 Å². The van der Waals surface area contributed by atoms with Crippen LogP contribution in [0.15, 0.2) is 23.4 Å². The molecule has 2 aliphatic heterocycles. The van der Waals surface area contributed by atoms with Crippen LogP contribution in [0.3, 0.4) is 0 Å². The molecule has 1 saturated heterocycles. The molecule has 0 bridgehead atoms. The van der Waals surface area contributed by atoms with Crippen LogP contribution in [0.2, 0.25) is 0 Å². The van der Waals surface area contributed by atoms with Crippen molar-refractivity contribution < 1.29 is 19.0 Å². The van der Waals surface area contributed by atoms with Crippen LogP contribution >= 0.6 is 11.8 Å². The average Bonchev–Trinajstić information content (AvgIpc) is 2.83. The summed E-state index contributed by atoms with van der Waals surface area (Å²) in [6.45, 7) is 9.11. The van der Waals surface area contributed by atoms with E-state index >= 15 is 0 Å². The number of carbonyl (C=O) groups is 1. The number of hydrogen-bond donors (Lipinski definition) is 1. The molecule has 3 heterocycles. The lowest BCUT2D eigenvalue weighted by Crippen LogP contribution is -2.42. The van der Waals surface area contributed by atoms with Gasteiger partial charge in [0.2, 0.25) is 0 Å². The van der Waals surface area contributed by atoms with Gasteiger partial charge in [0.15, 0.2) is 5.16 Å². The van der Waals surface area contributed by atoms with Crippen molar-refractivity contribution in [2.75, 3.05) is 42.8 Å². The summed E-state index contributed by atoms with van der Waals surface area (Å²) < 4.78 is 17.7. The molecular weight excluding hydrogens is 464 g/mol. The molecule has 0 radical (unpaired) electrons. The molecule has 3 aliphatic rings. The van der Waals surface area contributed by atoms with E-state index in [0.29, 0.717) is 26.2 Å². The number of thioether (sulfide) groups is 1. The van der Waals surface area contributed by atoms with Gasteiger partial charge in [-0.3, -0.25) is 5.32 Å². The summed E-state index contributed by atoms with van der Waals surface area (Å²) in [5.74, 6) is 0.980. The third-order valence-corrected chi connectivity index (χ3v) is 7.31. The molecule has 9 heteroatoms. The summed E-state index contributed by atoms with van der Waals surface area (Å²) in [6.07, 6.45) is 5.23. The normalized spacial score (nSPS) is 21.9. The molecule has 8 nitrogen and oxygen atoms in total. The largest absolute Gasteiger partial charge is 0.444 e. The SMILES string of the molecule is CSc1nc2c(c(N3CCOCC3)n1)CO[C@@]1(CCCc3ccc(NC(=O)OC(C)(C)C)cc31)C2. The highest BCUT2D eigenvalue weighted by Gasteiger charge is 2.43. The molecular formula is C26H34N4O4S. The number of benzene rings is 1. The van der Waals surface area contributed by atoms with E-state index in [0.717, 1.165) is 65.8 Å². The minimum Gasteiger partial charge on any atom is -0.444 e. The number of amides is 1. The molecule has 1 atom stereocenters. The third-order valence-electron chi connectivity index (χ3n) is 6.76. The van der Waals surface area contributed by atoms with Crippen molar-refractivity contribution in [3.05, 3.63) is 40.6 Å². The molecule has 1 aliphatic carbocycles. The van der Waals surface area contributed by atoms with Gasteiger partial charge in [-0.1, -0.05) is 17.8 Å². The minimum atomic E-state index is -0.553. The van der Waals surface area contributed by atoms with Crippen molar-refractivity contribution >= 4 is 29.4 Å². The van der Waals surface area contributed by atoms with E-state index in [-0.39, 0.29) is 0 Å². The van der Waals surface area contributed by atoms with E-state index in [9.17, 15) is 4.79 Å². The number of anilines is 2. The van der Waals surface area contributed by atoms with Gasteiger partial charge in [0.25, 0.3) is 0 Å². The van der Waals surface area contributed by atoms with Crippen LogP contribution in [-0.2, 0) is 39.3 Å². The fourth-order valence-electron chi connectivity index (χ4n) is 5.20. The van der Waals surface area contributed by atoms with E-state index in [1.807, 2.05) is 33.1 Å². The second kappa shape index (κ2) is 9.59. The van der Waals surface area contributed by atoms with Crippen LogP contribution in [0, 0.1) is 0 Å². The maximum Gasteiger partial charge on any atom is 0.412 e. The van der Waals surface area contributed by atoms with Gasteiger partial charge >= 0.3 is 6.09 Å². The second-order valence-corrected chi connectivity index (χ2v) is 11.1. The Morgan fingerprint density at radius 3 is 2.77 bits per heavy atom. The summed E-state index contributed by atoms with van der Waals surface area (Å²) >= 11 is 1.57. The van der Waals surface area contributed by atoms with Crippen molar-refractivity contribution in [2.24, 2.45) is 0 Å². The van der Waals surface area contributed by atoms with Crippen LogP contribution in [0.4, 0.5) is 16.3 Å². The molecule has 5 rings (SSSR count). The highest BCUT2D eigenvalue weighted by molar-refractivity contribution is 7.98. The molecule has 1 fully saturated rings. The van der Waals surface area contributed by atoms with Gasteiger partial charge in [-0.15, -0.1) is 0 Å². The van der Waals surface area contributed by atoms with Crippen LogP contribution in [0.25, 0.3) is 0 Å². The average molecular weight is 499 g/mol. The van der Waals surface area contributed by atoms with Crippen LogP contribution < -0.4 is 10.2 Å². The lowest BCUT2D eigenvalue weighted by Gasteiger charge is -2.43. The Morgan fingerprint density at radius 2 is 2.03 bits per heavy atom. The van der Waals surface area contributed by atoms with E-state index in [1.54, 1.807) is 11.8 Å². The van der Waals surface area contributed by atoms with Crippen molar-refractivity contribution in [2.45, 2.75) is 69.4 Å². The van der Waals surface area contributed by atoms with E-state index < -0.39 is 17.3 Å². The van der Waals surface area contributed by atoms with Crippen molar-refractivity contribution in [1.29, 1.82) is 0 Å². The number of morpholine rings is 1. The number of rotatable bonds is 3. The van der Waals surface area contributed by atoms with Gasteiger partial charge < -0.3 is 19.1 Å². The Balaban J connectivity index is 1.47. The fraction of sp³-hybridized carbons (Fsp3) is 0.577. The molecule has 1 spiro atoms. The predicted octanol–water partition coefficient (Wildman–Crippen LogP) is 4.69. The minimum absolute atomic E-state index is 0.454. The zero-order chi connectivity index (χ0) is 24.6. The number of carbonyl (C=O) groups excluding carboxylic acids is 1. The second-order valence-electron chi connectivity index (χ2n) is 10.4. The van der Waals surface area contributed by atoms with E-state index in [1.165, 1.54) is 5.56 Å². The van der Waals surface area contributed by atoms with Gasteiger partial charge in [-0.2, -0.15) is 0 Å². The third kappa shape index (κ3) is 5.13. The fourth-order valence-corrected chi connectivity index (χ4v) is 5.58. The maximum atomic E-state index is 12.4. The lowest BCUT2D eigenvalue weighted by molar-refractivity contribution is -0.0856. The smallest absolute Gasteiger partial charge is 0.412 e. The number of nitrogens with one attached hydrogen (secondary N) is 1. The molecule has 1 aromatic heterocycles. The summed E-state index contributed by atoms with van der Waals surface area (Å²) in [5, 5.41) is 3.69. The maximum absolute atomic E-state index is 12.4. The van der Waals surface area contributed by atoms with Gasteiger partial charge in [-0.25, -0.2) is 14.8 Å². The quantitative estimate of drug-likeness (QED) is 0.482. The van der Waals surface area contributed by atoms with E-state index in [2.05, 4.69) is 22.3 Å². The number of hydrogen-bond acceptors (Lipinski definition) is 8. The number of aryl methyl sites for hydroxylation is 1. The number of fused-ring (bicyclic) bond motifs is 3. The number of aromatic nitrogens is 2. The lowest BCUT2D eigenvalue weighted by atomic mass is 9.74. The Kier molecular flexibility index (Phi) is 6.67.